The van der Waals surface area contributed by atoms with Gasteiger partial charge in [0, 0.05) is 12.1 Å². The van der Waals surface area contributed by atoms with E-state index in [2.05, 4.69) is 11.7 Å². The number of benzene rings is 3. The van der Waals surface area contributed by atoms with Crippen LogP contribution in [0.3, 0.4) is 0 Å². The van der Waals surface area contributed by atoms with E-state index in [1.165, 1.54) is 17.2 Å². The molecule has 1 unspecified atom stereocenters. The lowest BCUT2D eigenvalue weighted by Crippen LogP contribution is -2.23. The Morgan fingerprint density at radius 2 is 1.44 bits per heavy atom. The molecule has 0 amide bonds. The Bertz CT molecular complexity index is 1130. The van der Waals surface area contributed by atoms with E-state index in [4.69, 9.17) is 0 Å². The first-order valence-electron chi connectivity index (χ1n) is 10.3. The number of hydrogen-bond donors (Lipinski definition) is 0. The highest BCUT2D eigenvalue weighted by Crippen LogP contribution is 2.37. The third-order valence-electron chi connectivity index (χ3n) is 5.74. The molecule has 0 bridgehead atoms. The van der Waals surface area contributed by atoms with Crippen molar-refractivity contribution in [2.75, 3.05) is 0 Å². The average Bonchev–Trinajstić information content (AvgIpc) is 3.13. The molecule has 0 fully saturated rings. The first-order chi connectivity index (χ1) is 15.2. The van der Waals surface area contributed by atoms with Crippen molar-refractivity contribution in [3.8, 4) is 16.9 Å². The van der Waals surface area contributed by atoms with E-state index in [-0.39, 0.29) is 12.1 Å². The van der Waals surface area contributed by atoms with E-state index >= 15 is 0 Å². The Balaban J connectivity index is 1.58. The van der Waals surface area contributed by atoms with Gasteiger partial charge in [0.05, 0.1) is 5.56 Å². The summed E-state index contributed by atoms with van der Waals surface area (Å²) in [5, 5.41) is 0. The van der Waals surface area contributed by atoms with E-state index in [0.29, 0.717) is 17.0 Å². The monoisotopic (exact) mass is 450 g/mol. The van der Waals surface area contributed by atoms with E-state index in [1.807, 2.05) is 18.2 Å². The Morgan fingerprint density at radius 3 is 2.09 bits per heavy atom. The Labute approximate surface area is 181 Å². The zero-order chi connectivity index (χ0) is 23.0. The highest BCUT2D eigenvalue weighted by atomic mass is 19.3. The van der Waals surface area contributed by atoms with Crippen LogP contribution in [0.25, 0.3) is 11.1 Å². The summed E-state index contributed by atoms with van der Waals surface area (Å²) < 4.78 is 87.5. The predicted octanol–water partition coefficient (Wildman–Crippen LogP) is 7.55. The maximum absolute atomic E-state index is 14.6. The molecule has 1 atom stereocenters. The molecule has 0 spiro atoms. The molecule has 4 rings (SSSR count). The standard InChI is InChI=1S/C25H20F6O/c1-2-3-14-8-15-4-5-16(10-18(15)9-14)17-6-7-20(21(26)11-17)25(30,31)32-19-12-22(27)24(29)23(28)13-19/h4-7,10-14H,2-3,8-9H2,1H3. The van der Waals surface area contributed by atoms with E-state index < -0.39 is 40.7 Å². The van der Waals surface area contributed by atoms with Gasteiger partial charge < -0.3 is 4.74 Å². The summed E-state index contributed by atoms with van der Waals surface area (Å²) in [6, 6.07) is 9.50. The summed E-state index contributed by atoms with van der Waals surface area (Å²) in [5.74, 6) is -6.81. The zero-order valence-corrected chi connectivity index (χ0v) is 17.2. The molecule has 32 heavy (non-hydrogen) atoms. The summed E-state index contributed by atoms with van der Waals surface area (Å²) in [5.41, 5.74) is 2.46. The van der Waals surface area contributed by atoms with Crippen molar-refractivity contribution in [3.63, 3.8) is 0 Å². The number of hydrogen-bond acceptors (Lipinski definition) is 1. The molecule has 0 aromatic heterocycles. The molecule has 0 aliphatic heterocycles. The quantitative estimate of drug-likeness (QED) is 0.278. The second-order valence-corrected chi connectivity index (χ2v) is 8.06. The maximum atomic E-state index is 14.6. The average molecular weight is 450 g/mol. The van der Waals surface area contributed by atoms with Gasteiger partial charge in [-0.15, -0.1) is 0 Å². The van der Waals surface area contributed by atoms with Gasteiger partial charge in [0.2, 0.25) is 0 Å². The first-order valence-corrected chi connectivity index (χ1v) is 10.3. The van der Waals surface area contributed by atoms with Crippen LogP contribution in [0.15, 0.2) is 48.5 Å². The van der Waals surface area contributed by atoms with Crippen LogP contribution in [-0.4, -0.2) is 0 Å². The van der Waals surface area contributed by atoms with E-state index in [0.717, 1.165) is 37.8 Å². The number of fused-ring (bicyclic) bond motifs is 1. The summed E-state index contributed by atoms with van der Waals surface area (Å²) in [7, 11) is 0. The highest BCUT2D eigenvalue weighted by Gasteiger charge is 2.38. The van der Waals surface area contributed by atoms with Crippen molar-refractivity contribution in [1.29, 1.82) is 0 Å². The smallest absolute Gasteiger partial charge is 0.429 e. The van der Waals surface area contributed by atoms with Crippen LogP contribution < -0.4 is 4.74 Å². The SMILES string of the molecule is CCCC1Cc2ccc(-c3ccc(C(F)(F)Oc4cc(F)c(F)c(F)c4)c(F)c3)cc2C1. The van der Waals surface area contributed by atoms with Crippen molar-refractivity contribution in [2.24, 2.45) is 5.92 Å². The molecule has 3 aromatic rings. The molecule has 1 aliphatic carbocycles. The van der Waals surface area contributed by atoms with E-state index in [9.17, 15) is 26.3 Å². The van der Waals surface area contributed by atoms with Crippen molar-refractivity contribution in [2.45, 2.75) is 38.7 Å². The topological polar surface area (TPSA) is 9.23 Å². The van der Waals surface area contributed by atoms with Gasteiger partial charge in [0.25, 0.3) is 0 Å². The minimum Gasteiger partial charge on any atom is -0.429 e. The van der Waals surface area contributed by atoms with Crippen LogP contribution in [-0.2, 0) is 19.0 Å². The largest absolute Gasteiger partial charge is 0.429 e. The highest BCUT2D eigenvalue weighted by molar-refractivity contribution is 5.66. The molecule has 3 aromatic carbocycles. The van der Waals surface area contributed by atoms with Crippen LogP contribution in [0.5, 0.6) is 5.75 Å². The third-order valence-corrected chi connectivity index (χ3v) is 5.74. The molecule has 0 saturated carbocycles. The molecule has 0 saturated heterocycles. The van der Waals surface area contributed by atoms with Crippen LogP contribution in [0.2, 0.25) is 0 Å². The molecule has 168 valence electrons. The van der Waals surface area contributed by atoms with Gasteiger partial charge in [0.15, 0.2) is 17.5 Å². The van der Waals surface area contributed by atoms with Gasteiger partial charge >= 0.3 is 6.11 Å². The van der Waals surface area contributed by atoms with E-state index in [1.54, 1.807) is 0 Å². The van der Waals surface area contributed by atoms with Gasteiger partial charge in [-0.1, -0.05) is 44.0 Å². The third kappa shape index (κ3) is 4.33. The van der Waals surface area contributed by atoms with Crippen LogP contribution in [0.4, 0.5) is 26.3 Å². The minimum absolute atomic E-state index is 0.273. The summed E-state index contributed by atoms with van der Waals surface area (Å²) in [4.78, 5) is 0. The fourth-order valence-electron chi connectivity index (χ4n) is 4.23. The molecule has 0 radical (unpaired) electrons. The van der Waals surface area contributed by atoms with Gasteiger partial charge in [-0.2, -0.15) is 8.78 Å². The second kappa shape index (κ2) is 8.52. The fraction of sp³-hybridized carbons (Fsp3) is 0.280. The molecular formula is C25H20F6O. The summed E-state index contributed by atoms with van der Waals surface area (Å²) >= 11 is 0. The van der Waals surface area contributed by atoms with Crippen molar-refractivity contribution < 1.29 is 31.1 Å². The molecule has 1 nitrogen and oxygen atoms in total. The number of alkyl halides is 2. The van der Waals surface area contributed by atoms with Crippen molar-refractivity contribution in [1.82, 2.24) is 0 Å². The lowest BCUT2D eigenvalue weighted by molar-refractivity contribution is -0.187. The predicted molar refractivity (Wildman–Crippen MR) is 108 cm³/mol. The normalized spacial score (nSPS) is 15.7. The van der Waals surface area contributed by atoms with Crippen LogP contribution in [0.1, 0.15) is 36.5 Å². The first kappa shape index (κ1) is 22.2. The lowest BCUT2D eigenvalue weighted by Gasteiger charge is -2.19. The maximum Gasteiger partial charge on any atom is 0.429 e. The van der Waals surface area contributed by atoms with Crippen molar-refractivity contribution >= 4 is 0 Å². The zero-order valence-electron chi connectivity index (χ0n) is 17.2. The van der Waals surface area contributed by atoms with Crippen molar-refractivity contribution in [3.05, 3.63) is 88.5 Å². The molecule has 0 heterocycles. The number of rotatable bonds is 6. The summed E-state index contributed by atoms with van der Waals surface area (Å²) in [6.45, 7) is 2.14. The fourth-order valence-corrected chi connectivity index (χ4v) is 4.23. The Morgan fingerprint density at radius 1 is 0.812 bits per heavy atom. The Hall–Kier alpha value is -2.96. The van der Waals surface area contributed by atoms with Gasteiger partial charge in [-0.25, -0.2) is 17.6 Å². The molecule has 0 N–H and O–H groups in total. The van der Waals surface area contributed by atoms with Crippen LogP contribution in [0, 0.1) is 29.2 Å². The van der Waals surface area contributed by atoms with Gasteiger partial charge in [0.1, 0.15) is 11.6 Å². The minimum atomic E-state index is -4.23. The molecule has 7 heteroatoms. The number of halogens is 6. The molecule has 1 aliphatic rings. The lowest BCUT2D eigenvalue weighted by atomic mass is 9.99. The van der Waals surface area contributed by atoms with Gasteiger partial charge in [-0.05, 0) is 53.1 Å². The molecular weight excluding hydrogens is 430 g/mol. The second-order valence-electron chi connectivity index (χ2n) is 8.06. The van der Waals surface area contributed by atoms with Crippen LogP contribution >= 0.6 is 0 Å². The van der Waals surface area contributed by atoms with Gasteiger partial charge in [-0.3, -0.25) is 0 Å². The number of ether oxygens (including phenoxy) is 1. The summed E-state index contributed by atoms with van der Waals surface area (Å²) in [6.07, 6.45) is -0.0558. The Kier molecular flexibility index (Phi) is 5.93.